The van der Waals surface area contributed by atoms with Crippen molar-refractivity contribution in [2.75, 3.05) is 13.7 Å². The fourth-order valence-corrected chi connectivity index (χ4v) is 1.44. The summed E-state index contributed by atoms with van der Waals surface area (Å²) in [5, 5.41) is 2.44. The molecule has 7 heteroatoms. The topological polar surface area (TPSA) is 60.5 Å². The van der Waals surface area contributed by atoms with Crippen molar-refractivity contribution in [3.8, 4) is 0 Å². The first-order chi connectivity index (χ1) is 9.23. The Kier molecular flexibility index (Phi) is 5.38. The zero-order chi connectivity index (χ0) is 15.3. The lowest BCUT2D eigenvalue weighted by Crippen LogP contribution is -2.35. The highest BCUT2D eigenvalue weighted by Crippen LogP contribution is 2.17. The molecule has 1 amide bonds. The van der Waals surface area contributed by atoms with E-state index in [1.165, 1.54) is 7.11 Å². The smallest absolute Gasteiger partial charge is 0.407 e. The summed E-state index contributed by atoms with van der Waals surface area (Å²) in [6.45, 7) is 5.13. The van der Waals surface area contributed by atoms with Gasteiger partial charge in [-0.2, -0.15) is 0 Å². The van der Waals surface area contributed by atoms with E-state index in [-0.39, 0.29) is 12.2 Å². The minimum Gasteiger partial charge on any atom is -0.444 e. The first-order valence-electron chi connectivity index (χ1n) is 6.03. The van der Waals surface area contributed by atoms with Crippen LogP contribution < -0.4 is 5.32 Å². The maximum Gasteiger partial charge on any atom is 0.407 e. The van der Waals surface area contributed by atoms with Gasteiger partial charge in [0, 0.05) is 13.2 Å². The molecule has 0 spiro atoms. The molecule has 1 N–H and O–H groups in total. The van der Waals surface area contributed by atoms with Gasteiger partial charge in [0.05, 0.1) is 12.7 Å². The van der Waals surface area contributed by atoms with Crippen LogP contribution >= 0.6 is 0 Å². The Morgan fingerprint density at radius 3 is 2.60 bits per heavy atom. The average molecular weight is 288 g/mol. The van der Waals surface area contributed by atoms with Crippen LogP contribution in [0.1, 0.15) is 32.6 Å². The van der Waals surface area contributed by atoms with Crippen molar-refractivity contribution >= 4 is 6.09 Å². The zero-order valence-corrected chi connectivity index (χ0v) is 11.9. The van der Waals surface area contributed by atoms with Crippen LogP contribution in [0.25, 0.3) is 0 Å². The van der Waals surface area contributed by atoms with Gasteiger partial charge in [0.1, 0.15) is 29.0 Å². The molecule has 1 aromatic rings. The van der Waals surface area contributed by atoms with Gasteiger partial charge in [-0.1, -0.05) is 0 Å². The van der Waals surface area contributed by atoms with Crippen LogP contribution in [-0.2, 0) is 9.47 Å². The van der Waals surface area contributed by atoms with Crippen molar-refractivity contribution in [2.45, 2.75) is 32.5 Å². The van der Waals surface area contributed by atoms with E-state index in [4.69, 9.17) is 9.47 Å². The molecule has 0 aliphatic heterocycles. The molecule has 112 valence electrons. The molecule has 1 unspecified atom stereocenters. The van der Waals surface area contributed by atoms with E-state index in [9.17, 15) is 13.6 Å². The fraction of sp³-hybridized carbons (Fsp3) is 0.538. The molecule has 0 aromatic carbocycles. The van der Waals surface area contributed by atoms with Crippen LogP contribution in [0.2, 0.25) is 0 Å². The second-order valence-electron chi connectivity index (χ2n) is 5.13. The number of alkyl carbamates (subject to hydrolysis) is 1. The van der Waals surface area contributed by atoms with Gasteiger partial charge in [-0.3, -0.25) is 4.98 Å². The van der Waals surface area contributed by atoms with Crippen LogP contribution in [0.15, 0.2) is 12.3 Å². The van der Waals surface area contributed by atoms with Crippen LogP contribution in [0.5, 0.6) is 0 Å². The number of halogens is 2. The number of aromatic nitrogens is 1. The predicted molar refractivity (Wildman–Crippen MR) is 68.1 cm³/mol. The molecule has 1 atom stereocenters. The van der Waals surface area contributed by atoms with Crippen LogP contribution in [0.3, 0.4) is 0 Å². The van der Waals surface area contributed by atoms with E-state index in [1.807, 2.05) is 0 Å². The maximum absolute atomic E-state index is 13.6. The third-order valence-corrected chi connectivity index (χ3v) is 2.26. The molecule has 20 heavy (non-hydrogen) atoms. The summed E-state index contributed by atoms with van der Waals surface area (Å²) in [5.74, 6) is -1.61. The third-order valence-electron chi connectivity index (χ3n) is 2.26. The number of rotatable bonds is 4. The highest BCUT2D eigenvalue weighted by Gasteiger charge is 2.21. The number of carbonyl (C=O) groups excluding carboxylic acids is 1. The van der Waals surface area contributed by atoms with E-state index < -0.39 is 29.4 Å². The molecule has 0 radical (unpaired) electrons. The summed E-state index contributed by atoms with van der Waals surface area (Å²) in [6.07, 6.45) is -0.594. The lowest BCUT2D eigenvalue weighted by molar-refractivity contribution is 0.0447. The van der Waals surface area contributed by atoms with Crippen LogP contribution in [0, 0.1) is 11.6 Å². The number of hydrogen-bond acceptors (Lipinski definition) is 4. The van der Waals surface area contributed by atoms with E-state index >= 15 is 0 Å². The summed E-state index contributed by atoms with van der Waals surface area (Å²) >= 11 is 0. The van der Waals surface area contributed by atoms with Crippen LogP contribution in [0.4, 0.5) is 13.6 Å². The largest absolute Gasteiger partial charge is 0.444 e. The Morgan fingerprint density at radius 2 is 2.10 bits per heavy atom. The van der Waals surface area contributed by atoms with Crippen molar-refractivity contribution < 1.29 is 23.0 Å². The lowest BCUT2D eigenvalue weighted by Gasteiger charge is -2.21. The quantitative estimate of drug-likeness (QED) is 0.925. The van der Waals surface area contributed by atoms with Gasteiger partial charge in [0.25, 0.3) is 0 Å². The summed E-state index contributed by atoms with van der Waals surface area (Å²) in [5.41, 5.74) is -0.712. The van der Waals surface area contributed by atoms with Gasteiger partial charge in [0.2, 0.25) is 0 Å². The summed E-state index contributed by atoms with van der Waals surface area (Å²) in [4.78, 5) is 15.1. The van der Waals surface area contributed by atoms with Gasteiger partial charge in [-0.25, -0.2) is 13.6 Å². The minimum absolute atomic E-state index is 0.0407. The Labute approximate surface area is 116 Å². The molecule has 0 bridgehead atoms. The Balaban J connectivity index is 2.66. The highest BCUT2D eigenvalue weighted by atomic mass is 19.1. The molecule has 5 nitrogen and oxygen atoms in total. The second kappa shape index (κ2) is 6.60. The molecule has 1 heterocycles. The zero-order valence-electron chi connectivity index (χ0n) is 11.9. The van der Waals surface area contributed by atoms with E-state index in [2.05, 4.69) is 10.3 Å². The first kappa shape index (κ1) is 16.3. The lowest BCUT2D eigenvalue weighted by atomic mass is 10.2. The molecule has 0 saturated heterocycles. The predicted octanol–water partition coefficient (Wildman–Crippen LogP) is 2.57. The van der Waals surface area contributed by atoms with Gasteiger partial charge < -0.3 is 14.8 Å². The van der Waals surface area contributed by atoms with E-state index in [0.717, 1.165) is 6.20 Å². The van der Waals surface area contributed by atoms with Crippen molar-refractivity contribution in [3.63, 3.8) is 0 Å². The molecular formula is C13H18F2N2O3. The monoisotopic (exact) mass is 288 g/mol. The first-order valence-corrected chi connectivity index (χ1v) is 6.03. The molecule has 1 rings (SSSR count). The molecule has 0 saturated carbocycles. The Bertz CT molecular complexity index is 475. The highest BCUT2D eigenvalue weighted by molar-refractivity contribution is 5.67. The van der Waals surface area contributed by atoms with E-state index in [1.54, 1.807) is 20.8 Å². The SMILES string of the molecule is COC(CNC(=O)OC(C)(C)C)c1ncc(F)cc1F. The summed E-state index contributed by atoms with van der Waals surface area (Å²) in [7, 11) is 1.34. The molecule has 0 aliphatic rings. The Hall–Kier alpha value is -1.76. The summed E-state index contributed by atoms with van der Waals surface area (Å²) < 4.78 is 36.4. The number of hydrogen-bond donors (Lipinski definition) is 1. The normalized spacial score (nSPS) is 12.9. The number of ether oxygens (including phenoxy) is 2. The number of carbonyl (C=O) groups is 1. The van der Waals surface area contributed by atoms with Crippen molar-refractivity contribution in [3.05, 3.63) is 29.6 Å². The standard InChI is InChI=1S/C13H18F2N2O3/c1-13(2,3)20-12(18)17-7-10(19-4)11-9(15)5-8(14)6-16-11/h5-6,10H,7H2,1-4H3,(H,17,18). The van der Waals surface area contributed by atoms with Crippen molar-refractivity contribution in [1.29, 1.82) is 0 Å². The summed E-state index contributed by atoms with van der Waals surface area (Å²) in [6, 6.07) is 0.710. The molecule has 0 fully saturated rings. The van der Waals surface area contributed by atoms with Crippen molar-refractivity contribution in [2.24, 2.45) is 0 Å². The molecular weight excluding hydrogens is 270 g/mol. The fourth-order valence-electron chi connectivity index (χ4n) is 1.44. The number of nitrogens with zero attached hydrogens (tertiary/aromatic N) is 1. The van der Waals surface area contributed by atoms with Gasteiger partial charge in [-0.15, -0.1) is 0 Å². The number of pyridine rings is 1. The Morgan fingerprint density at radius 1 is 1.45 bits per heavy atom. The van der Waals surface area contributed by atoms with E-state index in [0.29, 0.717) is 6.07 Å². The van der Waals surface area contributed by atoms with Gasteiger partial charge >= 0.3 is 6.09 Å². The van der Waals surface area contributed by atoms with Gasteiger partial charge in [0.15, 0.2) is 0 Å². The minimum atomic E-state index is -0.831. The molecule has 0 aliphatic carbocycles. The molecule has 1 aromatic heterocycles. The van der Waals surface area contributed by atoms with Crippen LogP contribution in [-0.4, -0.2) is 30.3 Å². The van der Waals surface area contributed by atoms with Crippen molar-refractivity contribution in [1.82, 2.24) is 10.3 Å². The number of nitrogens with one attached hydrogen (secondary N) is 1. The van der Waals surface area contributed by atoms with Gasteiger partial charge in [-0.05, 0) is 20.8 Å². The maximum atomic E-state index is 13.6. The third kappa shape index (κ3) is 5.08. The average Bonchev–Trinajstić information content (AvgIpc) is 2.29. The number of amides is 1. The second-order valence-corrected chi connectivity index (χ2v) is 5.13. The number of methoxy groups -OCH3 is 1.